The first-order valence-corrected chi connectivity index (χ1v) is 7.85. The van der Waals surface area contributed by atoms with Crippen LogP contribution in [0.5, 0.6) is 5.88 Å². The second-order valence-electron chi connectivity index (χ2n) is 4.84. The molecule has 0 radical (unpaired) electrons. The Labute approximate surface area is 141 Å². The van der Waals surface area contributed by atoms with Crippen LogP contribution in [0.3, 0.4) is 0 Å². The smallest absolute Gasteiger partial charge is 0.213 e. The summed E-state index contributed by atoms with van der Waals surface area (Å²) in [6, 6.07) is 11.6. The van der Waals surface area contributed by atoms with Crippen LogP contribution in [0.1, 0.15) is 18.1 Å². The minimum absolute atomic E-state index is 0.605. The molecule has 0 atom stereocenters. The lowest BCUT2D eigenvalue weighted by atomic mass is 10.2. The Morgan fingerprint density at radius 1 is 1.13 bits per heavy atom. The molecule has 0 spiro atoms. The molecule has 0 saturated heterocycles. The fourth-order valence-electron chi connectivity index (χ4n) is 1.98. The summed E-state index contributed by atoms with van der Waals surface area (Å²) in [6.45, 7) is 3.86. The number of rotatable bonds is 6. The zero-order valence-corrected chi connectivity index (χ0v) is 14.1. The van der Waals surface area contributed by atoms with E-state index in [1.807, 2.05) is 43.3 Å². The molecule has 6 heteroatoms. The fraction of sp³-hybridized carbons (Fsp3) is 0.294. The van der Waals surface area contributed by atoms with Gasteiger partial charge in [0.05, 0.1) is 6.61 Å². The second-order valence-corrected chi connectivity index (χ2v) is 5.28. The second kappa shape index (κ2) is 9.00. The molecule has 2 N–H and O–H groups in total. The zero-order valence-electron chi connectivity index (χ0n) is 13.3. The molecule has 23 heavy (non-hydrogen) atoms. The molecule has 0 unspecified atom stereocenters. The summed E-state index contributed by atoms with van der Waals surface area (Å²) in [6.07, 6.45) is 1.74. The molecule has 0 aliphatic heterocycles. The van der Waals surface area contributed by atoms with Gasteiger partial charge in [0.15, 0.2) is 5.96 Å². The number of nitrogens with one attached hydrogen (secondary N) is 2. The van der Waals surface area contributed by atoms with Gasteiger partial charge in [-0.05, 0) is 36.2 Å². The van der Waals surface area contributed by atoms with Crippen molar-refractivity contribution in [2.45, 2.75) is 20.0 Å². The van der Waals surface area contributed by atoms with E-state index >= 15 is 0 Å². The van der Waals surface area contributed by atoms with Gasteiger partial charge in [0.25, 0.3) is 0 Å². The largest absolute Gasteiger partial charge is 0.478 e. The molecule has 0 fully saturated rings. The summed E-state index contributed by atoms with van der Waals surface area (Å²) in [5.74, 6) is 1.37. The van der Waals surface area contributed by atoms with E-state index < -0.39 is 0 Å². The van der Waals surface area contributed by atoms with Crippen molar-refractivity contribution in [3.05, 3.63) is 58.7 Å². The molecule has 0 bridgehead atoms. The van der Waals surface area contributed by atoms with Gasteiger partial charge >= 0.3 is 0 Å². The summed E-state index contributed by atoms with van der Waals surface area (Å²) >= 11 is 5.88. The number of guanidine groups is 1. The summed E-state index contributed by atoms with van der Waals surface area (Å²) in [5.41, 5.74) is 2.22. The van der Waals surface area contributed by atoms with Crippen LogP contribution in [0.25, 0.3) is 0 Å². The maximum atomic E-state index is 5.88. The molecule has 2 rings (SSSR count). The number of hydrogen-bond donors (Lipinski definition) is 2. The van der Waals surface area contributed by atoms with Gasteiger partial charge in [0.1, 0.15) is 0 Å². The molecular weight excluding hydrogens is 312 g/mol. The standard InChI is InChI=1S/C17H21ClN4O/c1-3-23-16-10-14(8-9-20-16)12-22-17(19-2)21-11-13-4-6-15(18)7-5-13/h4-10H,3,11-12H2,1-2H3,(H2,19,21,22). The van der Waals surface area contributed by atoms with Crippen LogP contribution in [0.15, 0.2) is 47.6 Å². The maximum Gasteiger partial charge on any atom is 0.213 e. The molecule has 5 nitrogen and oxygen atoms in total. The predicted octanol–water partition coefficient (Wildman–Crippen LogP) is 3.00. The molecule has 1 aromatic heterocycles. The topological polar surface area (TPSA) is 58.5 Å². The first-order chi connectivity index (χ1) is 11.2. The van der Waals surface area contributed by atoms with E-state index in [1.54, 1.807) is 13.2 Å². The lowest BCUT2D eigenvalue weighted by Crippen LogP contribution is -2.36. The Morgan fingerprint density at radius 2 is 1.83 bits per heavy atom. The van der Waals surface area contributed by atoms with Gasteiger partial charge in [-0.15, -0.1) is 0 Å². The highest BCUT2D eigenvalue weighted by Crippen LogP contribution is 2.10. The van der Waals surface area contributed by atoms with E-state index in [1.165, 1.54) is 0 Å². The maximum absolute atomic E-state index is 5.88. The zero-order chi connectivity index (χ0) is 16.5. The van der Waals surface area contributed by atoms with E-state index in [9.17, 15) is 0 Å². The van der Waals surface area contributed by atoms with E-state index in [2.05, 4.69) is 20.6 Å². The third-order valence-electron chi connectivity index (χ3n) is 3.15. The van der Waals surface area contributed by atoms with Crippen molar-refractivity contribution >= 4 is 17.6 Å². The summed E-state index contributed by atoms with van der Waals surface area (Å²) in [7, 11) is 1.75. The van der Waals surface area contributed by atoms with Crippen LogP contribution >= 0.6 is 11.6 Å². The Balaban J connectivity index is 1.85. The van der Waals surface area contributed by atoms with Crippen LogP contribution < -0.4 is 15.4 Å². The number of pyridine rings is 1. The van der Waals surface area contributed by atoms with Gasteiger partial charge in [0, 0.05) is 37.4 Å². The first kappa shape index (κ1) is 17.1. The van der Waals surface area contributed by atoms with Crippen LogP contribution in [-0.2, 0) is 13.1 Å². The van der Waals surface area contributed by atoms with Crippen molar-refractivity contribution < 1.29 is 4.74 Å². The molecule has 0 aliphatic carbocycles. The molecule has 1 heterocycles. The van der Waals surface area contributed by atoms with E-state index in [0.717, 1.165) is 22.1 Å². The van der Waals surface area contributed by atoms with Crippen LogP contribution in [-0.4, -0.2) is 24.6 Å². The first-order valence-electron chi connectivity index (χ1n) is 7.48. The molecule has 0 saturated carbocycles. The summed E-state index contributed by atoms with van der Waals surface area (Å²) < 4.78 is 5.40. The van der Waals surface area contributed by atoms with Crippen molar-refractivity contribution in [2.75, 3.05) is 13.7 Å². The summed E-state index contributed by atoms with van der Waals surface area (Å²) in [5, 5.41) is 7.27. The average molecular weight is 333 g/mol. The van der Waals surface area contributed by atoms with Gasteiger partial charge < -0.3 is 15.4 Å². The number of benzene rings is 1. The van der Waals surface area contributed by atoms with E-state index in [4.69, 9.17) is 16.3 Å². The molecule has 0 amide bonds. The minimum Gasteiger partial charge on any atom is -0.478 e. The quantitative estimate of drug-likeness (QED) is 0.630. The van der Waals surface area contributed by atoms with Crippen molar-refractivity contribution in [3.8, 4) is 5.88 Å². The number of hydrogen-bond acceptors (Lipinski definition) is 3. The highest BCUT2D eigenvalue weighted by atomic mass is 35.5. The normalized spacial score (nSPS) is 11.2. The highest BCUT2D eigenvalue weighted by Gasteiger charge is 2.01. The number of aromatic nitrogens is 1. The van der Waals surface area contributed by atoms with E-state index in [0.29, 0.717) is 25.6 Å². The van der Waals surface area contributed by atoms with E-state index in [-0.39, 0.29) is 0 Å². The Morgan fingerprint density at radius 3 is 2.48 bits per heavy atom. The third kappa shape index (κ3) is 5.79. The molecular formula is C17H21ClN4O. The van der Waals surface area contributed by atoms with Gasteiger partial charge in [-0.3, -0.25) is 4.99 Å². The molecule has 0 aliphatic rings. The fourth-order valence-corrected chi connectivity index (χ4v) is 2.11. The van der Waals surface area contributed by atoms with Gasteiger partial charge in [-0.25, -0.2) is 4.98 Å². The molecule has 122 valence electrons. The minimum atomic E-state index is 0.605. The van der Waals surface area contributed by atoms with Gasteiger partial charge in [-0.2, -0.15) is 0 Å². The molecule has 2 aromatic rings. The Bertz CT molecular complexity index is 643. The van der Waals surface area contributed by atoms with Gasteiger partial charge in [-0.1, -0.05) is 23.7 Å². The third-order valence-corrected chi connectivity index (χ3v) is 3.40. The van der Waals surface area contributed by atoms with Crippen LogP contribution in [0.4, 0.5) is 0 Å². The van der Waals surface area contributed by atoms with Crippen molar-refractivity contribution in [3.63, 3.8) is 0 Å². The summed E-state index contributed by atoms with van der Waals surface area (Å²) in [4.78, 5) is 8.37. The Hall–Kier alpha value is -2.27. The number of nitrogens with zero attached hydrogens (tertiary/aromatic N) is 2. The van der Waals surface area contributed by atoms with Crippen LogP contribution in [0.2, 0.25) is 5.02 Å². The predicted molar refractivity (Wildman–Crippen MR) is 93.9 cm³/mol. The lowest BCUT2D eigenvalue weighted by Gasteiger charge is -2.12. The molecule has 1 aromatic carbocycles. The average Bonchev–Trinajstić information content (AvgIpc) is 2.57. The highest BCUT2D eigenvalue weighted by molar-refractivity contribution is 6.30. The number of ether oxygens (including phenoxy) is 1. The lowest BCUT2D eigenvalue weighted by molar-refractivity contribution is 0.326. The Kier molecular flexibility index (Phi) is 6.69. The van der Waals surface area contributed by atoms with Gasteiger partial charge in [0.2, 0.25) is 5.88 Å². The monoisotopic (exact) mass is 332 g/mol. The van der Waals surface area contributed by atoms with Crippen LogP contribution in [0, 0.1) is 0 Å². The SMILES string of the molecule is CCOc1cc(CNC(=NC)NCc2ccc(Cl)cc2)ccn1. The van der Waals surface area contributed by atoms with Crippen molar-refractivity contribution in [2.24, 2.45) is 4.99 Å². The number of aliphatic imine (C=N–C) groups is 1. The number of halogens is 1. The van der Waals surface area contributed by atoms with Crippen molar-refractivity contribution in [1.82, 2.24) is 15.6 Å². The van der Waals surface area contributed by atoms with Crippen molar-refractivity contribution in [1.29, 1.82) is 0 Å².